The average Bonchev–Trinajstić information content (AvgIpc) is 3.06. The van der Waals surface area contributed by atoms with Crippen molar-refractivity contribution in [2.45, 2.75) is 43.6 Å². The van der Waals surface area contributed by atoms with Crippen molar-refractivity contribution >= 4 is 5.96 Å². The lowest BCUT2D eigenvalue weighted by Crippen LogP contribution is -2.51. The molecule has 0 aromatic carbocycles. The number of likely N-dealkylation sites (N-methyl/N-ethyl adjacent to an activating group) is 1. The minimum atomic E-state index is 0.239. The van der Waals surface area contributed by atoms with Crippen molar-refractivity contribution < 1.29 is 9.47 Å². The van der Waals surface area contributed by atoms with Crippen LogP contribution < -0.4 is 10.6 Å². The van der Waals surface area contributed by atoms with Crippen LogP contribution in [0.4, 0.5) is 0 Å². The first-order chi connectivity index (χ1) is 9.74. The molecule has 20 heavy (non-hydrogen) atoms. The van der Waals surface area contributed by atoms with Crippen LogP contribution in [0.5, 0.6) is 0 Å². The summed E-state index contributed by atoms with van der Waals surface area (Å²) in [5, 5.41) is 6.87. The lowest BCUT2D eigenvalue weighted by Gasteiger charge is -2.31. The van der Waals surface area contributed by atoms with Crippen LogP contribution in [0, 0.1) is 0 Å². The van der Waals surface area contributed by atoms with Crippen molar-refractivity contribution in [3.63, 3.8) is 0 Å². The van der Waals surface area contributed by atoms with E-state index in [1.54, 1.807) is 0 Å². The molecule has 0 aromatic rings. The third-order valence-electron chi connectivity index (χ3n) is 4.49. The van der Waals surface area contributed by atoms with Crippen molar-refractivity contribution in [2.24, 2.45) is 4.99 Å². The summed E-state index contributed by atoms with van der Waals surface area (Å²) >= 11 is 0. The molecule has 0 aliphatic carbocycles. The molecule has 3 aliphatic rings. The zero-order valence-electron chi connectivity index (χ0n) is 12.5. The Balaban J connectivity index is 1.43. The number of hydrogen-bond donors (Lipinski definition) is 2. The summed E-state index contributed by atoms with van der Waals surface area (Å²) < 4.78 is 11.6. The second-order valence-electron chi connectivity index (χ2n) is 6.07. The van der Waals surface area contributed by atoms with Crippen LogP contribution in [-0.4, -0.2) is 75.5 Å². The zero-order chi connectivity index (χ0) is 13.9. The highest BCUT2D eigenvalue weighted by atomic mass is 16.5. The molecule has 3 rings (SSSR count). The maximum Gasteiger partial charge on any atom is 0.191 e. The average molecular weight is 282 g/mol. The van der Waals surface area contributed by atoms with Crippen LogP contribution in [0.15, 0.2) is 4.99 Å². The van der Waals surface area contributed by atoms with Crippen molar-refractivity contribution in [3.05, 3.63) is 0 Å². The Kier molecular flexibility index (Phi) is 4.43. The second-order valence-corrected chi connectivity index (χ2v) is 6.07. The second kappa shape index (κ2) is 6.28. The quantitative estimate of drug-likeness (QED) is 0.555. The molecule has 0 aromatic heterocycles. The van der Waals surface area contributed by atoms with Gasteiger partial charge in [0.25, 0.3) is 0 Å². The van der Waals surface area contributed by atoms with Crippen molar-refractivity contribution in [1.29, 1.82) is 0 Å². The van der Waals surface area contributed by atoms with Gasteiger partial charge in [0.1, 0.15) is 0 Å². The molecule has 3 aliphatic heterocycles. The lowest BCUT2D eigenvalue weighted by atomic mass is 9.96. The molecule has 3 heterocycles. The SMILES string of the molecule is CN=C(NCC1CN(C)CCO1)NC1CC2CCC1O2. The first kappa shape index (κ1) is 14.1. The largest absolute Gasteiger partial charge is 0.374 e. The first-order valence-electron chi connectivity index (χ1n) is 7.67. The fourth-order valence-corrected chi connectivity index (χ4v) is 3.36. The first-order valence-corrected chi connectivity index (χ1v) is 7.67. The summed E-state index contributed by atoms with van der Waals surface area (Å²) in [6, 6.07) is 0.412. The maximum absolute atomic E-state index is 5.86. The Labute approximate surface area is 120 Å². The minimum absolute atomic E-state index is 0.239. The molecule has 0 radical (unpaired) electrons. The van der Waals surface area contributed by atoms with E-state index in [1.165, 1.54) is 12.8 Å². The van der Waals surface area contributed by atoms with Crippen LogP contribution in [0.3, 0.4) is 0 Å². The molecule has 3 fully saturated rings. The van der Waals surface area contributed by atoms with E-state index in [0.29, 0.717) is 18.2 Å². The van der Waals surface area contributed by atoms with E-state index >= 15 is 0 Å². The number of rotatable bonds is 3. The normalized spacial score (nSPS) is 38.2. The Morgan fingerprint density at radius 2 is 2.30 bits per heavy atom. The van der Waals surface area contributed by atoms with Gasteiger partial charge in [-0.1, -0.05) is 0 Å². The molecule has 0 spiro atoms. The van der Waals surface area contributed by atoms with Crippen LogP contribution in [0.1, 0.15) is 19.3 Å². The number of aliphatic imine (C=N–C) groups is 1. The summed E-state index contributed by atoms with van der Waals surface area (Å²) in [5.74, 6) is 0.864. The van der Waals surface area contributed by atoms with Crippen LogP contribution in [-0.2, 0) is 9.47 Å². The maximum atomic E-state index is 5.86. The van der Waals surface area contributed by atoms with Gasteiger partial charge in [-0.05, 0) is 26.3 Å². The summed E-state index contributed by atoms with van der Waals surface area (Å²) in [6.07, 6.45) is 4.58. The van der Waals surface area contributed by atoms with Gasteiger partial charge in [-0.3, -0.25) is 4.99 Å². The monoisotopic (exact) mass is 282 g/mol. The highest BCUT2D eigenvalue weighted by Crippen LogP contribution is 2.34. The van der Waals surface area contributed by atoms with Gasteiger partial charge < -0.3 is 25.0 Å². The molecule has 0 amide bonds. The smallest absolute Gasteiger partial charge is 0.191 e. The number of nitrogens with zero attached hydrogens (tertiary/aromatic N) is 2. The fourth-order valence-electron chi connectivity index (χ4n) is 3.36. The summed E-state index contributed by atoms with van der Waals surface area (Å²) in [6.45, 7) is 3.61. The summed E-state index contributed by atoms with van der Waals surface area (Å²) in [5.41, 5.74) is 0. The van der Waals surface area contributed by atoms with Crippen LogP contribution in [0.2, 0.25) is 0 Å². The Morgan fingerprint density at radius 3 is 2.95 bits per heavy atom. The number of morpholine rings is 1. The Hall–Kier alpha value is -0.850. The molecule has 114 valence electrons. The lowest BCUT2D eigenvalue weighted by molar-refractivity contribution is -0.0161. The van der Waals surface area contributed by atoms with Gasteiger partial charge in [-0.15, -0.1) is 0 Å². The Bertz CT molecular complexity index is 363. The molecular weight excluding hydrogens is 256 g/mol. The molecule has 4 unspecified atom stereocenters. The van der Waals surface area contributed by atoms with Crippen molar-refractivity contribution in [1.82, 2.24) is 15.5 Å². The van der Waals surface area contributed by atoms with E-state index in [2.05, 4.69) is 27.6 Å². The van der Waals surface area contributed by atoms with E-state index in [0.717, 1.165) is 38.6 Å². The molecule has 6 heteroatoms. The fraction of sp³-hybridized carbons (Fsp3) is 0.929. The Morgan fingerprint density at radius 1 is 1.40 bits per heavy atom. The number of ether oxygens (including phenoxy) is 2. The zero-order valence-corrected chi connectivity index (χ0v) is 12.5. The van der Waals surface area contributed by atoms with Gasteiger partial charge in [0.2, 0.25) is 0 Å². The standard InChI is InChI=1S/C14H26N4O2/c1-15-14(16-8-11-9-18(2)5-6-19-11)17-12-7-10-3-4-13(12)20-10/h10-13H,3-9H2,1-2H3,(H2,15,16,17). The van der Waals surface area contributed by atoms with Gasteiger partial charge in [-0.2, -0.15) is 0 Å². The number of guanidine groups is 1. The number of hydrogen-bond acceptors (Lipinski definition) is 4. The third-order valence-corrected chi connectivity index (χ3v) is 4.49. The minimum Gasteiger partial charge on any atom is -0.374 e. The van der Waals surface area contributed by atoms with Crippen molar-refractivity contribution in [2.75, 3.05) is 40.3 Å². The number of nitrogens with one attached hydrogen (secondary N) is 2. The van der Waals surface area contributed by atoms with Gasteiger partial charge in [-0.25, -0.2) is 0 Å². The van der Waals surface area contributed by atoms with E-state index < -0.39 is 0 Å². The van der Waals surface area contributed by atoms with Gasteiger partial charge in [0.15, 0.2) is 5.96 Å². The topological polar surface area (TPSA) is 58.1 Å². The molecule has 2 N–H and O–H groups in total. The van der Waals surface area contributed by atoms with Gasteiger partial charge in [0.05, 0.1) is 31.0 Å². The molecule has 4 atom stereocenters. The van der Waals surface area contributed by atoms with E-state index in [9.17, 15) is 0 Å². The van der Waals surface area contributed by atoms with Crippen LogP contribution >= 0.6 is 0 Å². The van der Waals surface area contributed by atoms with Gasteiger partial charge in [0, 0.05) is 26.7 Å². The van der Waals surface area contributed by atoms with E-state index in [1.807, 2.05) is 7.05 Å². The highest BCUT2D eigenvalue weighted by molar-refractivity contribution is 5.80. The summed E-state index contributed by atoms with van der Waals surface area (Å²) in [4.78, 5) is 6.61. The predicted molar refractivity (Wildman–Crippen MR) is 78.0 cm³/mol. The highest BCUT2D eigenvalue weighted by Gasteiger charge is 2.41. The van der Waals surface area contributed by atoms with Crippen LogP contribution in [0.25, 0.3) is 0 Å². The number of fused-ring (bicyclic) bond motifs is 2. The van der Waals surface area contributed by atoms with Crippen molar-refractivity contribution in [3.8, 4) is 0 Å². The third kappa shape index (κ3) is 3.24. The molecular formula is C14H26N4O2. The molecule has 0 saturated carbocycles. The molecule has 6 nitrogen and oxygen atoms in total. The van der Waals surface area contributed by atoms with E-state index in [-0.39, 0.29) is 6.10 Å². The summed E-state index contributed by atoms with van der Waals surface area (Å²) in [7, 11) is 3.95. The van der Waals surface area contributed by atoms with Gasteiger partial charge >= 0.3 is 0 Å². The molecule has 2 bridgehead atoms. The predicted octanol–water partition coefficient (Wildman–Crippen LogP) is -0.198. The molecule has 3 saturated heterocycles. The van der Waals surface area contributed by atoms with E-state index in [4.69, 9.17) is 9.47 Å².